The summed E-state index contributed by atoms with van der Waals surface area (Å²) in [4.78, 5) is 15.1. The predicted molar refractivity (Wildman–Crippen MR) is 85.4 cm³/mol. The Morgan fingerprint density at radius 1 is 1.00 bits per heavy atom. The van der Waals surface area contributed by atoms with Gasteiger partial charge in [-0.2, -0.15) is 13.2 Å². The number of nitrogens with zero attached hydrogens (tertiary/aromatic N) is 5. The molecule has 0 unspecified atom stereocenters. The smallest absolute Gasteiger partial charge is 0.352 e. The molecule has 134 valence electrons. The van der Waals surface area contributed by atoms with Gasteiger partial charge in [-0.3, -0.25) is 0 Å². The van der Waals surface area contributed by atoms with Crippen molar-refractivity contribution in [3.05, 3.63) is 40.7 Å². The third kappa shape index (κ3) is 3.60. The van der Waals surface area contributed by atoms with Crippen molar-refractivity contribution >= 4 is 23.2 Å². The van der Waals surface area contributed by atoms with Crippen molar-refractivity contribution in [3.8, 4) is 0 Å². The summed E-state index contributed by atoms with van der Waals surface area (Å²) in [6, 6.07) is 0.865. The third-order valence-electron chi connectivity index (χ3n) is 3.97. The minimum Gasteiger partial charge on any atom is -0.352 e. The molecule has 2 aromatic rings. The number of alkyl halides is 3. The molecule has 1 saturated heterocycles. The van der Waals surface area contributed by atoms with Gasteiger partial charge in [0.2, 0.25) is 0 Å². The summed E-state index contributed by atoms with van der Waals surface area (Å²) in [7, 11) is 0. The Bertz CT molecular complexity index is 775. The molecule has 0 amide bonds. The van der Waals surface area contributed by atoms with Crippen molar-refractivity contribution in [2.45, 2.75) is 13.1 Å². The van der Waals surface area contributed by atoms with Crippen molar-refractivity contribution in [1.29, 1.82) is 0 Å². The second kappa shape index (κ2) is 6.62. The van der Waals surface area contributed by atoms with E-state index in [0.717, 1.165) is 12.3 Å². The SMILES string of the molecule is Cc1ncnc(N2CCN(c3ncc(C(F)(F)F)cc3Cl)CC2)c1F. The Balaban J connectivity index is 1.73. The van der Waals surface area contributed by atoms with Crippen molar-refractivity contribution < 1.29 is 17.6 Å². The first-order valence-corrected chi connectivity index (χ1v) is 7.85. The molecular weight excluding hydrogens is 362 g/mol. The molecular formula is C15H14ClF4N5. The topological polar surface area (TPSA) is 45.2 Å². The molecule has 5 nitrogen and oxygen atoms in total. The third-order valence-corrected chi connectivity index (χ3v) is 4.25. The van der Waals surface area contributed by atoms with Gasteiger partial charge in [-0.15, -0.1) is 0 Å². The highest BCUT2D eigenvalue weighted by atomic mass is 35.5. The largest absolute Gasteiger partial charge is 0.417 e. The fraction of sp³-hybridized carbons (Fsp3) is 0.400. The van der Waals surface area contributed by atoms with Crippen LogP contribution in [-0.4, -0.2) is 41.1 Å². The fourth-order valence-electron chi connectivity index (χ4n) is 2.61. The van der Waals surface area contributed by atoms with E-state index in [1.807, 2.05) is 0 Å². The Labute approximate surface area is 146 Å². The Kier molecular flexibility index (Phi) is 4.68. The van der Waals surface area contributed by atoms with Gasteiger partial charge in [-0.25, -0.2) is 19.3 Å². The lowest BCUT2D eigenvalue weighted by Gasteiger charge is -2.36. The Morgan fingerprint density at radius 2 is 1.60 bits per heavy atom. The summed E-state index contributed by atoms with van der Waals surface area (Å²) in [5.41, 5.74) is -0.627. The maximum Gasteiger partial charge on any atom is 0.417 e. The van der Waals surface area contributed by atoms with Gasteiger partial charge in [0.25, 0.3) is 0 Å². The molecule has 0 aromatic carbocycles. The summed E-state index contributed by atoms with van der Waals surface area (Å²) in [5.74, 6) is 0.0360. The molecule has 10 heteroatoms. The van der Waals surface area contributed by atoms with Gasteiger partial charge >= 0.3 is 6.18 Å². The first kappa shape index (κ1) is 17.7. The standard InChI is InChI=1S/C15H14ClF4N5/c1-9-12(17)14(23-8-22-9)25-4-2-24(3-5-25)13-11(16)6-10(7-21-13)15(18,19)20/h6-8H,2-5H2,1H3. The normalized spacial score (nSPS) is 15.6. The molecule has 0 radical (unpaired) electrons. The van der Waals surface area contributed by atoms with E-state index in [9.17, 15) is 17.6 Å². The van der Waals surface area contributed by atoms with Gasteiger partial charge in [-0.05, 0) is 13.0 Å². The monoisotopic (exact) mass is 375 g/mol. The first-order valence-electron chi connectivity index (χ1n) is 7.47. The van der Waals surface area contributed by atoms with Crippen LogP contribution >= 0.6 is 11.6 Å². The van der Waals surface area contributed by atoms with Crippen LogP contribution < -0.4 is 9.80 Å². The Morgan fingerprint density at radius 3 is 2.16 bits per heavy atom. The van der Waals surface area contributed by atoms with Crippen LogP contribution in [0.2, 0.25) is 5.02 Å². The minimum atomic E-state index is -4.49. The van der Waals surface area contributed by atoms with Gasteiger partial charge in [0.05, 0.1) is 16.3 Å². The van der Waals surface area contributed by atoms with E-state index in [1.54, 1.807) is 16.7 Å². The van der Waals surface area contributed by atoms with Gasteiger partial charge < -0.3 is 9.80 Å². The van der Waals surface area contributed by atoms with Crippen molar-refractivity contribution in [3.63, 3.8) is 0 Å². The first-order chi connectivity index (χ1) is 11.8. The van der Waals surface area contributed by atoms with Crippen LogP contribution in [0.3, 0.4) is 0 Å². The van der Waals surface area contributed by atoms with E-state index in [2.05, 4.69) is 15.0 Å². The molecule has 0 bridgehead atoms. The molecule has 0 N–H and O–H groups in total. The average Bonchev–Trinajstić information content (AvgIpc) is 2.57. The summed E-state index contributed by atoms with van der Waals surface area (Å²) in [6.07, 6.45) is -2.42. The molecule has 2 aromatic heterocycles. The van der Waals surface area contributed by atoms with Gasteiger partial charge in [0.1, 0.15) is 12.1 Å². The average molecular weight is 376 g/mol. The molecule has 1 aliphatic heterocycles. The van der Waals surface area contributed by atoms with E-state index in [-0.39, 0.29) is 22.4 Å². The second-order valence-electron chi connectivity index (χ2n) is 5.60. The summed E-state index contributed by atoms with van der Waals surface area (Å²) in [5, 5.41) is -0.0627. The molecule has 0 aliphatic carbocycles. The van der Waals surface area contributed by atoms with Crippen LogP contribution in [0.25, 0.3) is 0 Å². The molecule has 1 aliphatic rings. The molecule has 3 rings (SSSR count). The van der Waals surface area contributed by atoms with Crippen LogP contribution in [0.15, 0.2) is 18.6 Å². The number of hydrogen-bond acceptors (Lipinski definition) is 5. The molecule has 25 heavy (non-hydrogen) atoms. The molecule has 0 saturated carbocycles. The number of aromatic nitrogens is 3. The summed E-state index contributed by atoms with van der Waals surface area (Å²) < 4.78 is 52.2. The van der Waals surface area contributed by atoms with Crippen molar-refractivity contribution in [2.24, 2.45) is 0 Å². The number of aryl methyl sites for hydroxylation is 1. The fourth-order valence-corrected chi connectivity index (χ4v) is 2.90. The maximum absolute atomic E-state index is 14.1. The molecule has 0 atom stereocenters. The molecule has 1 fully saturated rings. The molecule has 3 heterocycles. The summed E-state index contributed by atoms with van der Waals surface area (Å²) >= 11 is 5.97. The lowest BCUT2D eigenvalue weighted by Crippen LogP contribution is -2.47. The maximum atomic E-state index is 14.1. The van der Waals surface area contributed by atoms with Crippen LogP contribution in [0, 0.1) is 12.7 Å². The molecule has 0 spiro atoms. The second-order valence-corrected chi connectivity index (χ2v) is 6.01. The van der Waals surface area contributed by atoms with Crippen LogP contribution in [0.4, 0.5) is 29.2 Å². The lowest BCUT2D eigenvalue weighted by molar-refractivity contribution is -0.137. The van der Waals surface area contributed by atoms with Crippen molar-refractivity contribution in [1.82, 2.24) is 15.0 Å². The number of pyridine rings is 1. The summed E-state index contributed by atoms with van der Waals surface area (Å²) in [6.45, 7) is 3.29. The highest BCUT2D eigenvalue weighted by Crippen LogP contribution is 2.34. The number of anilines is 2. The van der Waals surface area contributed by atoms with Crippen LogP contribution in [0.5, 0.6) is 0 Å². The van der Waals surface area contributed by atoms with Crippen molar-refractivity contribution in [2.75, 3.05) is 36.0 Å². The number of hydrogen-bond donors (Lipinski definition) is 0. The lowest BCUT2D eigenvalue weighted by atomic mass is 10.2. The van der Waals surface area contributed by atoms with Gasteiger partial charge in [-0.1, -0.05) is 11.6 Å². The highest BCUT2D eigenvalue weighted by molar-refractivity contribution is 6.33. The van der Waals surface area contributed by atoms with Crippen LogP contribution in [-0.2, 0) is 6.18 Å². The van der Waals surface area contributed by atoms with Gasteiger partial charge in [0, 0.05) is 32.4 Å². The minimum absolute atomic E-state index is 0.0627. The zero-order valence-electron chi connectivity index (χ0n) is 13.2. The number of piperazine rings is 1. The zero-order chi connectivity index (χ0) is 18.2. The highest BCUT2D eigenvalue weighted by Gasteiger charge is 2.32. The predicted octanol–water partition coefficient (Wildman–Crippen LogP) is 3.32. The van der Waals surface area contributed by atoms with E-state index in [0.29, 0.717) is 26.2 Å². The quantitative estimate of drug-likeness (QED) is 0.753. The number of rotatable bonds is 2. The van der Waals surface area contributed by atoms with Gasteiger partial charge in [0.15, 0.2) is 11.6 Å². The van der Waals surface area contributed by atoms with E-state index in [4.69, 9.17) is 11.6 Å². The van der Waals surface area contributed by atoms with Crippen LogP contribution in [0.1, 0.15) is 11.3 Å². The zero-order valence-corrected chi connectivity index (χ0v) is 13.9. The van der Waals surface area contributed by atoms with E-state index in [1.165, 1.54) is 6.33 Å². The Hall–Kier alpha value is -2.16. The number of halogens is 5. The van der Waals surface area contributed by atoms with E-state index >= 15 is 0 Å². The van der Waals surface area contributed by atoms with E-state index < -0.39 is 17.6 Å².